The molecule has 0 heterocycles. The second-order valence-electron chi connectivity index (χ2n) is 8.68. The van der Waals surface area contributed by atoms with Gasteiger partial charge in [-0.25, -0.2) is 0 Å². The molecule has 4 aromatic rings. The van der Waals surface area contributed by atoms with Gasteiger partial charge in [-0.1, -0.05) is 36.9 Å². The van der Waals surface area contributed by atoms with E-state index in [1.807, 2.05) is 61.5 Å². The van der Waals surface area contributed by atoms with Crippen LogP contribution in [0.1, 0.15) is 28.9 Å². The summed E-state index contributed by atoms with van der Waals surface area (Å²) in [5.74, 6) is -0.0425. The van der Waals surface area contributed by atoms with Crippen LogP contribution in [0.25, 0.3) is 11.1 Å². The Morgan fingerprint density at radius 2 is 1.55 bits per heavy atom. The van der Waals surface area contributed by atoms with Crippen molar-refractivity contribution in [3.63, 3.8) is 0 Å². The predicted octanol–water partition coefficient (Wildman–Crippen LogP) is 6.62. The summed E-state index contributed by atoms with van der Waals surface area (Å²) >= 11 is 0. The number of carbonyl (C=O) groups excluding carboxylic acids is 2. The van der Waals surface area contributed by atoms with E-state index in [1.54, 1.807) is 36.4 Å². The number of benzene rings is 4. The zero-order valence-electron chi connectivity index (χ0n) is 21.2. The number of ether oxygens (including phenoxy) is 1. The van der Waals surface area contributed by atoms with Gasteiger partial charge in [-0.15, -0.1) is 0 Å². The maximum atomic E-state index is 12.8. The van der Waals surface area contributed by atoms with Gasteiger partial charge in [-0.05, 0) is 90.4 Å². The van der Waals surface area contributed by atoms with Gasteiger partial charge in [0.05, 0.1) is 7.11 Å². The second-order valence-corrected chi connectivity index (χ2v) is 8.68. The van der Waals surface area contributed by atoms with Crippen LogP contribution < -0.4 is 20.7 Å². The Balaban J connectivity index is 1.43. The first-order valence-corrected chi connectivity index (χ1v) is 12.0. The minimum absolute atomic E-state index is 0.0378. The fraction of sp³-hybridized carbons (Fsp3) is 0.0968. The molecule has 0 aromatic heterocycles. The summed E-state index contributed by atoms with van der Waals surface area (Å²) in [4.78, 5) is 24.2. The molecule has 0 aliphatic carbocycles. The molecule has 1 unspecified atom stereocenters. The van der Waals surface area contributed by atoms with Crippen LogP contribution in [0.3, 0.4) is 0 Å². The predicted molar refractivity (Wildman–Crippen MR) is 152 cm³/mol. The molecule has 7 nitrogen and oxygen atoms in total. The van der Waals surface area contributed by atoms with Crippen molar-refractivity contribution in [2.45, 2.75) is 13.0 Å². The number of methoxy groups -OCH3 is 1. The second kappa shape index (κ2) is 11.8. The Hall–Kier alpha value is -5.04. The molecular formula is C31H29N3O4. The molecule has 192 valence electrons. The number of carbonyl (C=O) groups is 2. The monoisotopic (exact) mass is 507 g/mol. The SMILES string of the molecule is C=CC(=O)Nc1ccc(C(=O)Nc2cccc(C(C)Nc3cccc(-c4ccc(O)c(OC)c4)c3)c2)cc1. The van der Waals surface area contributed by atoms with E-state index in [0.29, 0.717) is 22.7 Å². The summed E-state index contributed by atoms with van der Waals surface area (Å²) in [6.07, 6.45) is 1.19. The Labute approximate surface area is 221 Å². The lowest BCUT2D eigenvalue weighted by Gasteiger charge is -2.18. The van der Waals surface area contributed by atoms with Crippen LogP contribution in [0.2, 0.25) is 0 Å². The van der Waals surface area contributed by atoms with E-state index in [1.165, 1.54) is 13.2 Å². The summed E-state index contributed by atoms with van der Waals surface area (Å²) in [6.45, 7) is 5.47. The number of phenols is 1. The van der Waals surface area contributed by atoms with Crippen LogP contribution in [-0.4, -0.2) is 24.0 Å². The number of amides is 2. The fourth-order valence-electron chi connectivity index (χ4n) is 3.97. The quantitative estimate of drug-likeness (QED) is 0.191. The number of hydrogen-bond donors (Lipinski definition) is 4. The van der Waals surface area contributed by atoms with Crippen LogP contribution >= 0.6 is 0 Å². The third kappa shape index (κ3) is 6.39. The maximum Gasteiger partial charge on any atom is 0.255 e. The highest BCUT2D eigenvalue weighted by Crippen LogP contribution is 2.33. The van der Waals surface area contributed by atoms with Crippen molar-refractivity contribution < 1.29 is 19.4 Å². The Kier molecular flexibility index (Phi) is 8.08. The molecule has 0 spiro atoms. The highest BCUT2D eigenvalue weighted by atomic mass is 16.5. The largest absolute Gasteiger partial charge is 0.504 e. The molecule has 7 heteroatoms. The van der Waals surface area contributed by atoms with E-state index in [-0.39, 0.29) is 23.6 Å². The molecule has 4 aromatic carbocycles. The molecule has 38 heavy (non-hydrogen) atoms. The fourth-order valence-corrected chi connectivity index (χ4v) is 3.97. The van der Waals surface area contributed by atoms with Crippen molar-refractivity contribution in [3.8, 4) is 22.6 Å². The zero-order chi connectivity index (χ0) is 27.1. The van der Waals surface area contributed by atoms with Gasteiger partial charge in [0.15, 0.2) is 11.5 Å². The van der Waals surface area contributed by atoms with Gasteiger partial charge in [0.2, 0.25) is 5.91 Å². The first-order valence-electron chi connectivity index (χ1n) is 12.0. The first kappa shape index (κ1) is 26.0. The lowest BCUT2D eigenvalue weighted by Crippen LogP contribution is -2.13. The molecule has 0 fully saturated rings. The Morgan fingerprint density at radius 3 is 2.29 bits per heavy atom. The van der Waals surface area contributed by atoms with Crippen molar-refractivity contribution in [2.24, 2.45) is 0 Å². The van der Waals surface area contributed by atoms with Gasteiger partial charge < -0.3 is 25.8 Å². The van der Waals surface area contributed by atoms with E-state index in [2.05, 4.69) is 22.5 Å². The van der Waals surface area contributed by atoms with Crippen molar-refractivity contribution in [1.82, 2.24) is 0 Å². The van der Waals surface area contributed by atoms with Gasteiger partial charge in [0.1, 0.15) is 0 Å². The summed E-state index contributed by atoms with van der Waals surface area (Å²) in [5.41, 5.74) is 5.58. The molecule has 0 saturated carbocycles. The number of hydrogen-bond acceptors (Lipinski definition) is 5. The normalized spacial score (nSPS) is 11.2. The number of phenolic OH excluding ortho intramolecular Hbond substituents is 1. The van der Waals surface area contributed by atoms with Crippen molar-refractivity contribution in [2.75, 3.05) is 23.1 Å². The van der Waals surface area contributed by atoms with Crippen molar-refractivity contribution in [3.05, 3.63) is 115 Å². The standard InChI is InChI=1S/C31H29N3O4/c1-4-30(36)33-25-14-11-21(12-15-25)31(37)34-27-10-5-7-22(17-27)20(2)32-26-9-6-8-23(18-26)24-13-16-28(35)29(19-24)38-3/h4-20,32,35H,1H2,2-3H3,(H,33,36)(H,34,37). The van der Waals surface area contributed by atoms with Crippen molar-refractivity contribution in [1.29, 1.82) is 0 Å². The zero-order valence-corrected chi connectivity index (χ0v) is 21.2. The average Bonchev–Trinajstić information content (AvgIpc) is 2.94. The summed E-state index contributed by atoms with van der Waals surface area (Å²) in [7, 11) is 1.52. The smallest absolute Gasteiger partial charge is 0.255 e. The lowest BCUT2D eigenvalue weighted by atomic mass is 10.0. The molecule has 0 radical (unpaired) electrons. The minimum Gasteiger partial charge on any atom is -0.504 e. The molecule has 0 aliphatic heterocycles. The van der Waals surface area contributed by atoms with Gasteiger partial charge in [-0.2, -0.15) is 0 Å². The first-order chi connectivity index (χ1) is 18.4. The third-order valence-electron chi connectivity index (χ3n) is 6.00. The average molecular weight is 508 g/mol. The van der Waals surface area contributed by atoms with Crippen LogP contribution in [0.15, 0.2) is 104 Å². The number of rotatable bonds is 9. The summed E-state index contributed by atoms with van der Waals surface area (Å²) < 4.78 is 5.24. The maximum absolute atomic E-state index is 12.8. The van der Waals surface area contributed by atoms with Gasteiger partial charge in [-0.3, -0.25) is 9.59 Å². The van der Waals surface area contributed by atoms with Crippen LogP contribution in [0, 0.1) is 0 Å². The molecule has 1 atom stereocenters. The summed E-state index contributed by atoms with van der Waals surface area (Å²) in [5, 5.41) is 19.0. The number of nitrogens with one attached hydrogen (secondary N) is 3. The molecule has 4 N–H and O–H groups in total. The van der Waals surface area contributed by atoms with Gasteiger partial charge in [0, 0.05) is 28.7 Å². The molecule has 0 saturated heterocycles. The van der Waals surface area contributed by atoms with E-state index in [4.69, 9.17) is 4.74 Å². The number of anilines is 3. The van der Waals surface area contributed by atoms with Gasteiger partial charge in [0.25, 0.3) is 5.91 Å². The topological polar surface area (TPSA) is 99.7 Å². The molecule has 2 amide bonds. The van der Waals surface area contributed by atoms with Crippen LogP contribution in [0.4, 0.5) is 17.1 Å². The highest BCUT2D eigenvalue weighted by molar-refractivity contribution is 6.05. The number of aromatic hydroxyl groups is 1. The van der Waals surface area contributed by atoms with E-state index in [9.17, 15) is 14.7 Å². The Bertz CT molecular complexity index is 1460. The Morgan fingerprint density at radius 1 is 0.842 bits per heavy atom. The third-order valence-corrected chi connectivity index (χ3v) is 6.00. The van der Waals surface area contributed by atoms with Gasteiger partial charge >= 0.3 is 0 Å². The molecule has 0 aliphatic rings. The lowest BCUT2D eigenvalue weighted by molar-refractivity contribution is -0.111. The van der Waals surface area contributed by atoms with Crippen LogP contribution in [0.5, 0.6) is 11.5 Å². The van der Waals surface area contributed by atoms with Crippen molar-refractivity contribution >= 4 is 28.9 Å². The highest BCUT2D eigenvalue weighted by Gasteiger charge is 2.11. The van der Waals surface area contributed by atoms with E-state index >= 15 is 0 Å². The molecular weight excluding hydrogens is 478 g/mol. The minimum atomic E-state index is -0.311. The van der Waals surface area contributed by atoms with E-state index < -0.39 is 0 Å². The molecule has 0 bridgehead atoms. The molecule has 4 rings (SSSR count). The van der Waals surface area contributed by atoms with E-state index in [0.717, 1.165) is 22.4 Å². The summed E-state index contributed by atoms with van der Waals surface area (Å²) in [6, 6.07) is 27.5. The van der Waals surface area contributed by atoms with Crippen LogP contribution in [-0.2, 0) is 4.79 Å².